The van der Waals surface area contributed by atoms with Crippen LogP contribution in [0.5, 0.6) is 5.75 Å². The van der Waals surface area contributed by atoms with Crippen LogP contribution >= 0.6 is 19.3 Å². The minimum atomic E-state index is -4.34. The predicted molar refractivity (Wildman–Crippen MR) is 149 cm³/mol. The van der Waals surface area contributed by atoms with Crippen LogP contribution in [0.4, 0.5) is 10.2 Å². The summed E-state index contributed by atoms with van der Waals surface area (Å²) < 4.78 is 52.5. The summed E-state index contributed by atoms with van der Waals surface area (Å²) in [5, 5.41) is 25.1. The summed E-state index contributed by atoms with van der Waals surface area (Å²) in [5.41, 5.74) is 3.86. The Morgan fingerprint density at radius 1 is 1.33 bits per heavy atom. The number of hydrogen-bond donors (Lipinski definition) is 4. The van der Waals surface area contributed by atoms with E-state index in [1.165, 1.54) is 42.7 Å². The molecule has 6 atom stereocenters. The van der Waals surface area contributed by atoms with Crippen LogP contribution in [0.25, 0.3) is 11.0 Å². The van der Waals surface area contributed by atoms with Crippen LogP contribution in [-0.4, -0.2) is 67.3 Å². The largest absolute Gasteiger partial charge is 0.461 e. The molecule has 1 aliphatic heterocycles. The molecule has 2 aromatic heterocycles. The van der Waals surface area contributed by atoms with Gasteiger partial charge in [-0.15, -0.1) is 0 Å². The zero-order valence-corrected chi connectivity index (χ0v) is 24.5. The van der Waals surface area contributed by atoms with Crippen molar-refractivity contribution in [1.82, 2.24) is 19.6 Å². The smallest absolute Gasteiger partial charge is 0.459 e. The van der Waals surface area contributed by atoms with Crippen LogP contribution in [0.15, 0.2) is 36.8 Å². The van der Waals surface area contributed by atoms with Crippen molar-refractivity contribution in [2.24, 2.45) is 0 Å². The normalized spacial score (nSPS) is 26.8. The monoisotopic (exact) mass is 627 g/mol. The van der Waals surface area contributed by atoms with Gasteiger partial charge in [-0.3, -0.25) is 13.9 Å². The second kappa shape index (κ2) is 12.0. The Labute approximate surface area is 245 Å². The molecule has 2 aliphatic rings. The van der Waals surface area contributed by atoms with Gasteiger partial charge in [0, 0.05) is 11.2 Å². The van der Waals surface area contributed by atoms with Gasteiger partial charge in [-0.1, -0.05) is 11.6 Å². The minimum Gasteiger partial charge on any atom is -0.461 e. The summed E-state index contributed by atoms with van der Waals surface area (Å²) in [6.07, 6.45) is 1.17. The first-order valence-electron chi connectivity index (χ1n) is 13.4. The number of aromatic nitrogens is 3. The van der Waals surface area contributed by atoms with E-state index < -0.39 is 56.2 Å². The summed E-state index contributed by atoms with van der Waals surface area (Å²) in [6, 6.07) is 4.86. The van der Waals surface area contributed by atoms with E-state index in [0.29, 0.717) is 5.02 Å². The van der Waals surface area contributed by atoms with Crippen LogP contribution in [-0.2, 0) is 23.4 Å². The number of hydrogen-bond acceptors (Lipinski definition) is 11. The number of nitrogens with zero attached hydrogens (tertiary/aromatic N) is 3. The topological polar surface area (TPSA) is 180 Å². The number of fused-ring (bicyclic) bond motifs is 1. The van der Waals surface area contributed by atoms with Crippen molar-refractivity contribution >= 4 is 42.2 Å². The highest BCUT2D eigenvalue weighted by Gasteiger charge is 2.54. The van der Waals surface area contributed by atoms with Gasteiger partial charge < -0.3 is 29.9 Å². The highest BCUT2D eigenvalue weighted by Crippen LogP contribution is 2.47. The molecule has 42 heavy (non-hydrogen) atoms. The maximum atomic E-state index is 14.7. The molecule has 3 aromatic rings. The van der Waals surface area contributed by atoms with Gasteiger partial charge in [-0.2, -0.15) is 5.09 Å². The minimum absolute atomic E-state index is 0.0343. The number of esters is 1. The number of carbonyl (C=O) groups excluding carboxylic acids is 1. The maximum absolute atomic E-state index is 14.7. The SMILES string of the molecule is CC(NP(=O)(OCC1OC(n2cc(F)c3c(N)ncnc32)[C@](C)(O)[C@@H]1O)Oc1ccc(Cl)cc1)C(=O)OC1CCCC1. The third-order valence-corrected chi connectivity index (χ3v) is 9.23. The Balaban J connectivity index is 1.34. The number of ether oxygens (including phenoxy) is 2. The van der Waals surface area contributed by atoms with Crippen LogP contribution in [0, 0.1) is 5.82 Å². The van der Waals surface area contributed by atoms with Crippen LogP contribution in [0.1, 0.15) is 45.8 Å². The Hall–Kier alpha value is -2.84. The van der Waals surface area contributed by atoms with E-state index in [1.54, 1.807) is 0 Å². The van der Waals surface area contributed by atoms with Crippen LogP contribution < -0.4 is 15.3 Å². The first-order chi connectivity index (χ1) is 19.9. The molecule has 0 amide bonds. The fraction of sp³-hybridized carbons (Fsp3) is 0.500. The van der Waals surface area contributed by atoms with Crippen molar-refractivity contribution in [3.05, 3.63) is 47.6 Å². The summed E-state index contributed by atoms with van der Waals surface area (Å²) in [7, 11) is -4.34. The Bertz CT molecular complexity index is 1490. The van der Waals surface area contributed by atoms with E-state index in [1.807, 2.05) is 0 Å². The second-order valence-corrected chi connectivity index (χ2v) is 12.7. The van der Waals surface area contributed by atoms with Crippen molar-refractivity contribution in [2.75, 3.05) is 12.3 Å². The maximum Gasteiger partial charge on any atom is 0.459 e. The Kier molecular flexibility index (Phi) is 8.77. The highest BCUT2D eigenvalue weighted by atomic mass is 35.5. The number of anilines is 1. The predicted octanol–water partition coefficient (Wildman–Crippen LogP) is 3.48. The first-order valence-corrected chi connectivity index (χ1v) is 15.3. The molecule has 0 spiro atoms. The second-order valence-electron chi connectivity index (χ2n) is 10.6. The molecular formula is C26H32ClFN5O8P. The lowest BCUT2D eigenvalue weighted by Gasteiger charge is -2.27. The van der Waals surface area contributed by atoms with E-state index >= 15 is 0 Å². The number of rotatable bonds is 10. The zero-order valence-electron chi connectivity index (χ0n) is 22.9. The molecule has 3 heterocycles. The van der Waals surface area contributed by atoms with Crippen molar-refractivity contribution < 1.29 is 42.5 Å². The Morgan fingerprint density at radius 2 is 2.02 bits per heavy atom. The molecule has 2 fully saturated rings. The molecule has 13 nitrogen and oxygen atoms in total. The number of aliphatic hydroxyl groups excluding tert-OH is 1. The van der Waals surface area contributed by atoms with Gasteiger partial charge in [-0.05, 0) is 63.8 Å². The zero-order chi connectivity index (χ0) is 30.2. The molecule has 1 aliphatic carbocycles. The van der Waals surface area contributed by atoms with Crippen molar-refractivity contribution in [3.63, 3.8) is 0 Å². The average molecular weight is 628 g/mol. The van der Waals surface area contributed by atoms with E-state index in [9.17, 15) is 24.0 Å². The van der Waals surface area contributed by atoms with Crippen molar-refractivity contribution in [1.29, 1.82) is 0 Å². The molecule has 4 unspecified atom stereocenters. The van der Waals surface area contributed by atoms with Crippen molar-refractivity contribution in [2.45, 2.75) is 75.7 Å². The highest BCUT2D eigenvalue weighted by molar-refractivity contribution is 7.52. The summed E-state index contributed by atoms with van der Waals surface area (Å²) in [6.45, 7) is 2.19. The fourth-order valence-corrected chi connectivity index (χ4v) is 6.70. The van der Waals surface area contributed by atoms with Gasteiger partial charge in [0.15, 0.2) is 17.7 Å². The molecule has 0 radical (unpaired) electrons. The quantitative estimate of drug-likeness (QED) is 0.190. The van der Waals surface area contributed by atoms with Gasteiger partial charge >= 0.3 is 13.7 Å². The molecule has 16 heteroatoms. The van der Waals surface area contributed by atoms with Gasteiger partial charge in [0.1, 0.15) is 47.8 Å². The molecule has 5 N–H and O–H groups in total. The molecular weight excluding hydrogens is 596 g/mol. The van der Waals surface area contributed by atoms with E-state index in [-0.39, 0.29) is 28.7 Å². The summed E-state index contributed by atoms with van der Waals surface area (Å²) >= 11 is 5.95. The van der Waals surface area contributed by atoms with Gasteiger partial charge in [0.2, 0.25) is 0 Å². The number of nitrogens with one attached hydrogen (secondary N) is 1. The van der Waals surface area contributed by atoms with Crippen LogP contribution in [0.3, 0.4) is 0 Å². The van der Waals surface area contributed by atoms with Crippen molar-refractivity contribution in [3.8, 4) is 5.75 Å². The summed E-state index contributed by atoms with van der Waals surface area (Å²) in [4.78, 5) is 20.5. The number of nitrogen functional groups attached to an aromatic ring is 1. The summed E-state index contributed by atoms with van der Waals surface area (Å²) in [5.74, 6) is -1.37. The fourth-order valence-electron chi connectivity index (χ4n) is 5.08. The van der Waals surface area contributed by atoms with E-state index in [2.05, 4.69) is 15.1 Å². The lowest BCUT2D eigenvalue weighted by Crippen LogP contribution is -2.44. The van der Waals surface area contributed by atoms with E-state index in [4.69, 9.17) is 35.9 Å². The third-order valence-electron chi connectivity index (χ3n) is 7.34. The Morgan fingerprint density at radius 3 is 2.71 bits per heavy atom. The lowest BCUT2D eigenvalue weighted by atomic mass is 9.96. The molecule has 0 bridgehead atoms. The van der Waals surface area contributed by atoms with Gasteiger partial charge in [-0.25, -0.2) is 18.9 Å². The number of benzene rings is 1. The third kappa shape index (κ3) is 6.25. The average Bonchev–Trinajstić information content (AvgIpc) is 3.62. The van der Waals surface area contributed by atoms with Gasteiger partial charge in [0.25, 0.3) is 0 Å². The number of nitrogens with two attached hydrogens (primary N) is 1. The number of halogens is 2. The van der Waals surface area contributed by atoms with E-state index in [0.717, 1.165) is 38.2 Å². The molecule has 5 rings (SSSR count). The number of aliphatic hydroxyl groups is 2. The standard InChI is InChI=1S/C26H32ClFN5O8P/c1-14(24(35)39-16-5-3-4-6-16)32-42(37,41-17-9-7-15(27)8-10-17)38-12-19-21(34)26(2,36)25(40-19)33-11-18(28)20-22(29)30-13-31-23(20)33/h7-11,13-14,16,19,21,25,34,36H,3-6,12H2,1-2H3,(H,32,37)(H2,29,30,31)/t14?,19?,21-,25?,26-,42?/m1/s1. The number of carbonyl (C=O) groups is 1. The molecule has 1 saturated carbocycles. The van der Waals surface area contributed by atoms with Gasteiger partial charge in [0.05, 0.1) is 12.0 Å². The molecule has 228 valence electrons. The molecule has 1 saturated heterocycles. The first kappa shape index (κ1) is 30.6. The molecule has 1 aromatic carbocycles. The lowest BCUT2D eigenvalue weighted by molar-refractivity contribution is -0.150. The van der Waals surface area contributed by atoms with Crippen LogP contribution in [0.2, 0.25) is 5.02 Å².